The van der Waals surface area contributed by atoms with Crippen LogP contribution in [0.4, 0.5) is 0 Å². The first kappa shape index (κ1) is 15.9. The Balaban J connectivity index is 1.96. The molecule has 0 fully saturated rings. The zero-order chi connectivity index (χ0) is 16.9. The van der Waals surface area contributed by atoms with E-state index >= 15 is 0 Å². The Morgan fingerprint density at radius 2 is 2.00 bits per heavy atom. The van der Waals surface area contributed by atoms with Gasteiger partial charge in [0.1, 0.15) is 12.2 Å². The third-order valence-electron chi connectivity index (χ3n) is 3.36. The molecule has 0 radical (unpaired) electrons. The average molecular weight is 341 g/mol. The van der Waals surface area contributed by atoms with Crippen molar-refractivity contribution in [2.24, 2.45) is 0 Å². The second-order valence-electron chi connectivity index (χ2n) is 4.91. The molecule has 0 spiro atoms. The lowest BCUT2D eigenvalue weighted by molar-refractivity contribution is -0.139. The number of thiophene rings is 1. The summed E-state index contributed by atoms with van der Waals surface area (Å²) in [5.41, 5.74) is 1.84. The topological polar surface area (TPSA) is 73.2 Å². The zero-order valence-electron chi connectivity index (χ0n) is 12.9. The van der Waals surface area contributed by atoms with Crippen LogP contribution in [0, 0.1) is 0 Å². The molecule has 3 aromatic rings. The fourth-order valence-electron chi connectivity index (χ4n) is 2.17. The molecule has 0 atom stereocenters. The normalized spacial score (nSPS) is 10.4. The molecule has 0 saturated heterocycles. The van der Waals surface area contributed by atoms with E-state index in [1.165, 1.54) is 18.4 Å². The number of aromatic nitrogens is 2. The van der Waals surface area contributed by atoms with E-state index in [1.54, 1.807) is 10.9 Å². The Morgan fingerprint density at radius 3 is 2.67 bits per heavy atom. The highest BCUT2D eigenvalue weighted by Crippen LogP contribution is 2.27. The van der Waals surface area contributed by atoms with E-state index in [9.17, 15) is 9.59 Å². The number of nitrogens with one attached hydrogen (secondary N) is 1. The number of nitrogens with zero attached hydrogens (tertiary/aromatic N) is 2. The molecule has 0 aliphatic heterocycles. The summed E-state index contributed by atoms with van der Waals surface area (Å²) in [6.45, 7) is -0.185. The molecule has 1 N–H and O–H groups in total. The Labute approximate surface area is 142 Å². The second-order valence-corrected chi connectivity index (χ2v) is 5.86. The van der Waals surface area contributed by atoms with E-state index < -0.39 is 5.97 Å². The number of benzene rings is 1. The average Bonchev–Trinajstić information content (AvgIpc) is 3.29. The van der Waals surface area contributed by atoms with Crippen molar-refractivity contribution in [2.45, 2.75) is 0 Å². The van der Waals surface area contributed by atoms with Gasteiger partial charge >= 0.3 is 5.97 Å². The van der Waals surface area contributed by atoms with E-state index in [0.29, 0.717) is 11.3 Å². The maximum absolute atomic E-state index is 12.5. The SMILES string of the molecule is COC(=O)CNC(=O)c1cn(-c2ccccc2)nc1-c1cccs1. The van der Waals surface area contributed by atoms with Crippen molar-refractivity contribution in [3.63, 3.8) is 0 Å². The number of rotatable bonds is 5. The van der Waals surface area contributed by atoms with Crippen LogP contribution in [0.1, 0.15) is 10.4 Å². The van der Waals surface area contributed by atoms with Gasteiger partial charge in [-0.1, -0.05) is 24.3 Å². The Morgan fingerprint density at radius 1 is 1.21 bits per heavy atom. The smallest absolute Gasteiger partial charge is 0.325 e. The van der Waals surface area contributed by atoms with Crippen LogP contribution >= 0.6 is 11.3 Å². The Kier molecular flexibility index (Phi) is 4.72. The van der Waals surface area contributed by atoms with E-state index in [1.807, 2.05) is 47.8 Å². The lowest BCUT2D eigenvalue weighted by Gasteiger charge is -2.03. The van der Waals surface area contributed by atoms with Crippen LogP contribution in [-0.4, -0.2) is 35.3 Å². The summed E-state index contributed by atoms with van der Waals surface area (Å²) in [6, 6.07) is 13.3. The summed E-state index contributed by atoms with van der Waals surface area (Å²) in [6.07, 6.45) is 1.66. The van der Waals surface area contributed by atoms with Gasteiger partial charge in [-0.15, -0.1) is 11.3 Å². The van der Waals surface area contributed by atoms with Crippen molar-refractivity contribution < 1.29 is 14.3 Å². The van der Waals surface area contributed by atoms with Crippen LogP contribution in [0.2, 0.25) is 0 Å². The molecule has 2 heterocycles. The fraction of sp³-hybridized carbons (Fsp3) is 0.118. The molecular weight excluding hydrogens is 326 g/mol. The highest BCUT2D eigenvalue weighted by molar-refractivity contribution is 7.13. The van der Waals surface area contributed by atoms with Gasteiger partial charge in [-0.3, -0.25) is 9.59 Å². The quantitative estimate of drug-likeness (QED) is 0.724. The van der Waals surface area contributed by atoms with Gasteiger partial charge in [-0.25, -0.2) is 4.68 Å². The van der Waals surface area contributed by atoms with Gasteiger partial charge in [-0.2, -0.15) is 5.10 Å². The summed E-state index contributed by atoms with van der Waals surface area (Å²) in [7, 11) is 1.28. The monoisotopic (exact) mass is 341 g/mol. The van der Waals surface area contributed by atoms with Crippen LogP contribution in [-0.2, 0) is 9.53 Å². The van der Waals surface area contributed by atoms with E-state index in [-0.39, 0.29) is 12.5 Å². The highest BCUT2D eigenvalue weighted by atomic mass is 32.1. The standard InChI is InChI=1S/C17H15N3O3S/c1-23-15(21)10-18-17(22)13-11-20(12-6-3-2-4-7-12)19-16(13)14-8-5-9-24-14/h2-9,11H,10H2,1H3,(H,18,22). The predicted molar refractivity (Wildman–Crippen MR) is 91.2 cm³/mol. The minimum atomic E-state index is -0.503. The molecule has 1 amide bonds. The van der Waals surface area contributed by atoms with Gasteiger partial charge in [0.2, 0.25) is 0 Å². The molecule has 0 saturated carbocycles. The maximum atomic E-state index is 12.5. The third-order valence-corrected chi connectivity index (χ3v) is 4.23. The number of carbonyl (C=O) groups is 2. The van der Waals surface area contributed by atoms with Crippen molar-refractivity contribution in [3.8, 4) is 16.3 Å². The van der Waals surface area contributed by atoms with Crippen LogP contribution in [0.5, 0.6) is 0 Å². The van der Waals surface area contributed by atoms with Crippen molar-refractivity contribution in [2.75, 3.05) is 13.7 Å². The summed E-state index contributed by atoms with van der Waals surface area (Å²) in [4.78, 5) is 24.6. The minimum absolute atomic E-state index is 0.185. The van der Waals surface area contributed by atoms with Crippen LogP contribution in [0.25, 0.3) is 16.3 Å². The molecular formula is C17H15N3O3S. The van der Waals surface area contributed by atoms with Gasteiger partial charge in [0.15, 0.2) is 0 Å². The summed E-state index contributed by atoms with van der Waals surface area (Å²) in [5, 5.41) is 9.02. The van der Waals surface area contributed by atoms with Crippen LogP contribution in [0.15, 0.2) is 54.0 Å². The first-order valence-electron chi connectivity index (χ1n) is 7.23. The van der Waals surface area contributed by atoms with Gasteiger partial charge < -0.3 is 10.1 Å². The van der Waals surface area contributed by atoms with Crippen molar-refractivity contribution in [3.05, 3.63) is 59.6 Å². The lowest BCUT2D eigenvalue weighted by Crippen LogP contribution is -2.30. The predicted octanol–water partition coefficient (Wildman–Crippen LogP) is 2.50. The highest BCUT2D eigenvalue weighted by Gasteiger charge is 2.19. The number of para-hydroxylation sites is 1. The Hall–Kier alpha value is -2.93. The van der Waals surface area contributed by atoms with E-state index in [4.69, 9.17) is 0 Å². The molecule has 1 aromatic carbocycles. The lowest BCUT2D eigenvalue weighted by atomic mass is 10.2. The number of hydrogen-bond donors (Lipinski definition) is 1. The number of hydrogen-bond acceptors (Lipinski definition) is 5. The largest absolute Gasteiger partial charge is 0.468 e. The molecule has 0 aliphatic rings. The minimum Gasteiger partial charge on any atom is -0.468 e. The first-order chi connectivity index (χ1) is 11.7. The number of methoxy groups -OCH3 is 1. The zero-order valence-corrected chi connectivity index (χ0v) is 13.7. The second kappa shape index (κ2) is 7.10. The molecule has 6 nitrogen and oxygen atoms in total. The number of esters is 1. The third kappa shape index (κ3) is 3.36. The number of amides is 1. The molecule has 0 bridgehead atoms. The molecule has 3 rings (SSSR count). The molecule has 7 heteroatoms. The number of ether oxygens (including phenoxy) is 1. The van der Waals surface area contributed by atoms with Crippen molar-refractivity contribution >= 4 is 23.2 Å². The summed E-state index contributed by atoms with van der Waals surface area (Å²) < 4.78 is 6.20. The van der Waals surface area contributed by atoms with Crippen LogP contribution in [0.3, 0.4) is 0 Å². The molecule has 2 aromatic heterocycles. The molecule has 122 valence electrons. The van der Waals surface area contributed by atoms with Gasteiger partial charge in [0, 0.05) is 6.20 Å². The summed E-state index contributed by atoms with van der Waals surface area (Å²) >= 11 is 1.50. The van der Waals surface area contributed by atoms with Gasteiger partial charge in [0.05, 0.1) is 23.2 Å². The molecule has 0 unspecified atom stereocenters. The van der Waals surface area contributed by atoms with Gasteiger partial charge in [0.25, 0.3) is 5.91 Å². The maximum Gasteiger partial charge on any atom is 0.325 e. The fourth-order valence-corrected chi connectivity index (χ4v) is 2.89. The molecule has 24 heavy (non-hydrogen) atoms. The summed E-state index contributed by atoms with van der Waals surface area (Å²) in [5.74, 6) is -0.873. The Bertz CT molecular complexity index is 841. The first-order valence-corrected chi connectivity index (χ1v) is 8.11. The van der Waals surface area contributed by atoms with Crippen molar-refractivity contribution in [1.82, 2.24) is 15.1 Å². The van der Waals surface area contributed by atoms with Gasteiger partial charge in [-0.05, 0) is 23.6 Å². The van der Waals surface area contributed by atoms with Crippen LogP contribution < -0.4 is 5.32 Å². The van der Waals surface area contributed by atoms with E-state index in [2.05, 4.69) is 15.2 Å². The molecule has 0 aliphatic carbocycles. The van der Waals surface area contributed by atoms with Crippen molar-refractivity contribution in [1.29, 1.82) is 0 Å². The number of carbonyl (C=O) groups excluding carboxylic acids is 2. The van der Waals surface area contributed by atoms with E-state index in [0.717, 1.165) is 10.6 Å².